The van der Waals surface area contributed by atoms with Crippen molar-refractivity contribution in [3.8, 4) is 0 Å². The summed E-state index contributed by atoms with van der Waals surface area (Å²) in [6.45, 7) is 4.44. The summed E-state index contributed by atoms with van der Waals surface area (Å²) in [5.74, 6) is -0.207. The maximum Gasteiger partial charge on any atom is 0.579 e. The van der Waals surface area contributed by atoms with Crippen LogP contribution in [0.2, 0.25) is 0 Å². The van der Waals surface area contributed by atoms with Crippen LogP contribution in [0.3, 0.4) is 0 Å². The van der Waals surface area contributed by atoms with E-state index in [2.05, 4.69) is 11.0 Å². The number of aliphatic hydroxyl groups excluding tert-OH is 1. The van der Waals surface area contributed by atoms with Crippen LogP contribution in [0.1, 0.15) is 6.92 Å². The molecule has 5 nitrogen and oxygen atoms in total. The van der Waals surface area contributed by atoms with Crippen molar-refractivity contribution in [3.63, 3.8) is 0 Å². The lowest BCUT2D eigenvalue weighted by Crippen LogP contribution is -2.29. The number of ketones is 1. The molecule has 0 fully saturated rings. The van der Waals surface area contributed by atoms with E-state index in [-0.39, 0.29) is 12.4 Å². The number of hydrogen-bond acceptors (Lipinski definition) is 5. The molecule has 1 N–H and O–H groups in total. The van der Waals surface area contributed by atoms with Gasteiger partial charge in [0.05, 0.1) is 0 Å². The fraction of sp³-hybridized carbons (Fsp3) is 0.571. The van der Waals surface area contributed by atoms with Crippen molar-refractivity contribution in [2.45, 2.75) is 6.92 Å². The minimum atomic E-state index is -1.98. The third-order valence-corrected chi connectivity index (χ3v) is 2.22. The van der Waals surface area contributed by atoms with Crippen molar-refractivity contribution < 1.29 is 23.2 Å². The van der Waals surface area contributed by atoms with Crippen LogP contribution in [-0.2, 0) is 18.1 Å². The molecule has 1 radical (unpaired) electrons. The summed E-state index contributed by atoms with van der Waals surface area (Å²) in [5.41, 5.74) is 0.418. The Morgan fingerprint density at radius 2 is 2.15 bits per heavy atom. The summed E-state index contributed by atoms with van der Waals surface area (Å²) in [7, 11) is -0.591. The topological polar surface area (TPSA) is 65.0 Å². The molecule has 0 amide bonds. The average Bonchev–Trinajstić information content (AvgIpc) is 2.11. The van der Waals surface area contributed by atoms with Crippen LogP contribution in [-0.4, -0.2) is 40.9 Å². The van der Waals surface area contributed by atoms with Gasteiger partial charge < -0.3 is 18.4 Å². The molecule has 0 bridgehead atoms. The zero-order valence-electron chi connectivity index (χ0n) is 7.70. The second-order valence-electron chi connectivity index (χ2n) is 2.22. The molecule has 0 aliphatic heterocycles. The first kappa shape index (κ1) is 12.5. The van der Waals surface area contributed by atoms with Crippen LogP contribution in [0.25, 0.3) is 0 Å². The van der Waals surface area contributed by atoms with Crippen LogP contribution in [0.5, 0.6) is 0 Å². The Morgan fingerprint density at radius 3 is 2.54 bits per heavy atom. The smallest absolute Gasteiger partial charge is 0.374 e. The Hall–Kier alpha value is -0.533. The highest BCUT2D eigenvalue weighted by Gasteiger charge is 2.18. The van der Waals surface area contributed by atoms with Gasteiger partial charge in [-0.1, -0.05) is 6.58 Å². The molecule has 0 aromatic heterocycles. The van der Waals surface area contributed by atoms with Gasteiger partial charge in [0.25, 0.3) is 0 Å². The molecule has 0 heterocycles. The monoisotopic (exact) mass is 205 g/mol. The predicted octanol–water partition coefficient (Wildman–Crippen LogP) is -0.254. The Bertz CT molecular complexity index is 182. The number of rotatable bonds is 7. The molecule has 6 heteroatoms. The third kappa shape index (κ3) is 5.67. The minimum absolute atomic E-state index is 0.128. The van der Waals surface area contributed by atoms with Gasteiger partial charge >= 0.3 is 9.53 Å². The third-order valence-electron chi connectivity index (χ3n) is 1.15. The summed E-state index contributed by atoms with van der Waals surface area (Å²) in [4.78, 5) is 11.0. The van der Waals surface area contributed by atoms with Crippen molar-refractivity contribution >= 4 is 15.3 Å². The van der Waals surface area contributed by atoms with Crippen molar-refractivity contribution in [3.05, 3.63) is 12.2 Å². The molecule has 13 heavy (non-hydrogen) atoms. The molecule has 0 rings (SSSR count). The summed E-state index contributed by atoms with van der Waals surface area (Å²) in [6.07, 6.45) is 0. The Kier molecular flexibility index (Phi) is 6.64. The predicted molar refractivity (Wildman–Crippen MR) is 46.7 cm³/mol. The quantitative estimate of drug-likeness (QED) is 0.352. The highest BCUT2D eigenvalue weighted by atomic mass is 28.3. The molecule has 0 aliphatic rings. The van der Waals surface area contributed by atoms with Gasteiger partial charge in [-0.2, -0.15) is 0 Å². The second-order valence-corrected chi connectivity index (χ2v) is 3.71. The minimum Gasteiger partial charge on any atom is -0.374 e. The van der Waals surface area contributed by atoms with E-state index < -0.39 is 16.3 Å². The van der Waals surface area contributed by atoms with Crippen molar-refractivity contribution in [2.75, 3.05) is 20.5 Å². The second kappa shape index (κ2) is 6.93. The first-order valence-corrected chi connectivity index (χ1v) is 4.80. The lowest BCUT2D eigenvalue weighted by atomic mass is 10.2. The fourth-order valence-corrected chi connectivity index (χ4v) is 1.13. The summed E-state index contributed by atoms with van der Waals surface area (Å²) < 4.78 is 14.3. The molecule has 75 valence electrons. The van der Waals surface area contributed by atoms with E-state index in [1.165, 1.54) is 7.11 Å². The van der Waals surface area contributed by atoms with Crippen molar-refractivity contribution in [1.29, 1.82) is 0 Å². The highest BCUT2D eigenvalue weighted by Crippen LogP contribution is 1.94. The zero-order chi connectivity index (χ0) is 10.3. The molecule has 0 aromatic rings. The summed E-state index contributed by atoms with van der Waals surface area (Å²) >= 11 is 0. The van der Waals surface area contributed by atoms with Gasteiger partial charge in [-0.15, -0.1) is 0 Å². The molecule has 0 saturated carbocycles. The van der Waals surface area contributed by atoms with Gasteiger partial charge in [0.2, 0.25) is 0 Å². The lowest BCUT2D eigenvalue weighted by molar-refractivity contribution is -0.118. The van der Waals surface area contributed by atoms with E-state index in [1.807, 2.05) is 0 Å². The Morgan fingerprint density at radius 1 is 1.54 bits per heavy atom. The fourth-order valence-electron chi connectivity index (χ4n) is 0.460. The van der Waals surface area contributed by atoms with Gasteiger partial charge in [0.15, 0.2) is 5.78 Å². The first-order chi connectivity index (χ1) is 6.11. The average molecular weight is 205 g/mol. The van der Waals surface area contributed by atoms with Crippen LogP contribution in [0, 0.1) is 0 Å². The van der Waals surface area contributed by atoms with E-state index in [9.17, 15) is 4.79 Å². The first-order valence-electron chi connectivity index (χ1n) is 3.58. The molecule has 0 saturated heterocycles. The standard InChI is InChI=1S/C7H13O5Si/c1-6(2)7(9)4-11-13(10-3)12-5-8/h8H,1,4-5H2,2-3H3. The van der Waals surface area contributed by atoms with Crippen molar-refractivity contribution in [2.24, 2.45) is 0 Å². The number of carbonyl (C=O) groups is 1. The maximum atomic E-state index is 11.0. The number of hydrogen-bond donors (Lipinski definition) is 1. The largest absolute Gasteiger partial charge is 0.579 e. The van der Waals surface area contributed by atoms with Gasteiger partial charge in [-0.25, -0.2) is 0 Å². The van der Waals surface area contributed by atoms with Gasteiger partial charge in [0.1, 0.15) is 13.4 Å². The van der Waals surface area contributed by atoms with Crippen LogP contribution in [0.15, 0.2) is 12.2 Å². The summed E-state index contributed by atoms with van der Waals surface area (Å²) in [6, 6.07) is 0. The lowest BCUT2D eigenvalue weighted by Gasteiger charge is -2.09. The van der Waals surface area contributed by atoms with E-state index in [0.717, 1.165) is 0 Å². The van der Waals surface area contributed by atoms with Gasteiger partial charge in [0, 0.05) is 7.11 Å². The Balaban J connectivity index is 3.71. The molecule has 0 spiro atoms. The van der Waals surface area contributed by atoms with Gasteiger partial charge in [-0.05, 0) is 12.5 Å². The van der Waals surface area contributed by atoms with E-state index >= 15 is 0 Å². The maximum absolute atomic E-state index is 11.0. The van der Waals surface area contributed by atoms with Crippen molar-refractivity contribution in [1.82, 2.24) is 0 Å². The highest BCUT2D eigenvalue weighted by molar-refractivity contribution is 6.36. The SMILES string of the molecule is C=C(C)C(=O)CO[Si](OC)OCO. The zero-order valence-corrected chi connectivity index (χ0v) is 8.70. The van der Waals surface area contributed by atoms with Crippen LogP contribution < -0.4 is 0 Å². The molecule has 0 unspecified atom stereocenters. The molecular weight excluding hydrogens is 192 g/mol. The number of aliphatic hydroxyl groups is 1. The molecule has 0 aromatic carbocycles. The van der Waals surface area contributed by atoms with E-state index in [1.54, 1.807) is 6.92 Å². The van der Waals surface area contributed by atoms with Crippen LogP contribution >= 0.6 is 0 Å². The number of carbonyl (C=O) groups excluding carboxylic acids is 1. The summed E-state index contributed by atoms with van der Waals surface area (Å²) in [5, 5.41) is 8.38. The Labute approximate surface area is 78.9 Å². The van der Waals surface area contributed by atoms with Gasteiger partial charge in [-0.3, -0.25) is 4.79 Å². The molecule has 0 atom stereocenters. The van der Waals surface area contributed by atoms with E-state index in [0.29, 0.717) is 5.57 Å². The molecule has 0 aliphatic carbocycles. The number of Topliss-reactive ketones (excluding diaryl/α,β-unsaturated/α-hetero) is 1. The van der Waals surface area contributed by atoms with Crippen LogP contribution in [0.4, 0.5) is 0 Å². The van der Waals surface area contributed by atoms with E-state index in [4.69, 9.17) is 14.0 Å². The molecular formula is C7H13O5Si. The normalized spacial score (nSPS) is 10.5.